The van der Waals surface area contributed by atoms with Crippen molar-refractivity contribution in [3.05, 3.63) is 11.6 Å². The first-order valence-corrected chi connectivity index (χ1v) is 11.1. The zero-order chi connectivity index (χ0) is 24.1. The molecule has 0 radical (unpaired) electrons. The van der Waals surface area contributed by atoms with Crippen molar-refractivity contribution in [2.75, 3.05) is 26.4 Å². The number of hydrogen-bond acceptors (Lipinski definition) is 8. The number of piperidine rings is 1. The molecule has 9 heteroatoms. The second-order valence-corrected chi connectivity index (χ2v) is 9.27. The van der Waals surface area contributed by atoms with Crippen LogP contribution < -0.4 is 0 Å². The topological polar surface area (TPSA) is 108 Å². The van der Waals surface area contributed by atoms with Gasteiger partial charge in [0, 0.05) is 38.3 Å². The Morgan fingerprint density at radius 2 is 1.59 bits per heavy atom. The van der Waals surface area contributed by atoms with Crippen LogP contribution in [0.1, 0.15) is 54.4 Å². The molecule has 2 rings (SSSR count). The third-order valence-corrected chi connectivity index (χ3v) is 5.61. The van der Waals surface area contributed by atoms with Gasteiger partial charge in [-0.15, -0.1) is 0 Å². The summed E-state index contributed by atoms with van der Waals surface area (Å²) in [5.74, 6) is -1.75. The lowest BCUT2D eigenvalue weighted by Crippen LogP contribution is -2.58. The third-order valence-electron chi connectivity index (χ3n) is 5.61. The molecule has 4 atom stereocenters. The summed E-state index contributed by atoms with van der Waals surface area (Å²) < 4.78 is 21.3. The van der Waals surface area contributed by atoms with Crippen molar-refractivity contribution in [3.8, 4) is 0 Å². The zero-order valence-electron chi connectivity index (χ0n) is 19.8. The number of esters is 3. The first-order chi connectivity index (χ1) is 14.9. The number of nitrogens with zero attached hydrogens (tertiary/aromatic N) is 1. The molecule has 0 spiro atoms. The smallest absolute Gasteiger partial charge is 0.410 e. The first-order valence-electron chi connectivity index (χ1n) is 11.1. The van der Waals surface area contributed by atoms with Crippen molar-refractivity contribution in [2.24, 2.45) is 17.8 Å². The molecule has 0 aromatic heterocycles. The Labute approximate surface area is 189 Å². The van der Waals surface area contributed by atoms with Gasteiger partial charge in [0.2, 0.25) is 0 Å². The minimum atomic E-state index is -0.684. The van der Waals surface area contributed by atoms with Gasteiger partial charge in [-0.2, -0.15) is 0 Å². The molecule has 32 heavy (non-hydrogen) atoms. The van der Waals surface area contributed by atoms with Crippen LogP contribution in [-0.2, 0) is 33.3 Å². The lowest BCUT2D eigenvalue weighted by molar-refractivity contribution is -0.146. The highest BCUT2D eigenvalue weighted by Gasteiger charge is 2.49. The van der Waals surface area contributed by atoms with Crippen LogP contribution in [0.5, 0.6) is 0 Å². The molecular formula is C23H35NO8. The van der Waals surface area contributed by atoms with E-state index in [1.807, 2.05) is 0 Å². The lowest BCUT2D eigenvalue weighted by Gasteiger charge is -2.51. The third kappa shape index (κ3) is 6.97. The van der Waals surface area contributed by atoms with Crippen LogP contribution >= 0.6 is 0 Å². The maximum absolute atomic E-state index is 13.0. The summed E-state index contributed by atoms with van der Waals surface area (Å²) >= 11 is 0. The molecule has 1 aliphatic carbocycles. The maximum atomic E-state index is 13.0. The maximum Gasteiger partial charge on any atom is 0.410 e. The summed E-state index contributed by atoms with van der Waals surface area (Å²) in [7, 11) is 0. The van der Waals surface area contributed by atoms with E-state index in [1.165, 1.54) is 19.9 Å². The van der Waals surface area contributed by atoms with E-state index in [2.05, 4.69) is 0 Å². The second-order valence-electron chi connectivity index (χ2n) is 9.27. The van der Waals surface area contributed by atoms with E-state index in [0.717, 1.165) is 5.57 Å². The van der Waals surface area contributed by atoms with Gasteiger partial charge < -0.3 is 23.8 Å². The minimum Gasteiger partial charge on any atom is -0.466 e. The Balaban J connectivity index is 2.45. The Morgan fingerprint density at radius 1 is 1.00 bits per heavy atom. The molecule has 9 nitrogen and oxygen atoms in total. The van der Waals surface area contributed by atoms with Gasteiger partial charge in [-0.1, -0.05) is 0 Å². The molecule has 2 aliphatic rings. The molecule has 0 unspecified atom stereocenters. The van der Waals surface area contributed by atoms with E-state index in [-0.39, 0.29) is 43.5 Å². The van der Waals surface area contributed by atoms with Crippen molar-refractivity contribution >= 4 is 24.0 Å². The molecule has 180 valence electrons. The number of ether oxygens (including phenoxy) is 4. The number of hydrogen-bond donors (Lipinski definition) is 0. The van der Waals surface area contributed by atoms with E-state index in [1.54, 1.807) is 32.6 Å². The molecule has 1 aliphatic heterocycles. The van der Waals surface area contributed by atoms with Gasteiger partial charge in [-0.25, -0.2) is 9.59 Å². The molecule has 1 saturated carbocycles. The number of likely N-dealkylation sites (tertiary alicyclic amines) is 1. The fraction of sp³-hybridized carbons (Fsp3) is 0.739. The normalized spacial score (nSPS) is 26.3. The number of rotatable bonds is 6. The van der Waals surface area contributed by atoms with E-state index in [9.17, 15) is 19.2 Å². The number of fused-ring (bicyclic) bond motifs is 2. The van der Waals surface area contributed by atoms with Crippen LogP contribution in [0.4, 0.5) is 4.79 Å². The van der Waals surface area contributed by atoms with Crippen LogP contribution in [0, 0.1) is 17.8 Å². The van der Waals surface area contributed by atoms with Gasteiger partial charge >= 0.3 is 24.0 Å². The van der Waals surface area contributed by atoms with Crippen LogP contribution in [0.2, 0.25) is 0 Å². The monoisotopic (exact) mass is 453 g/mol. The van der Waals surface area contributed by atoms with Crippen LogP contribution in [0.25, 0.3) is 0 Å². The van der Waals surface area contributed by atoms with E-state index >= 15 is 0 Å². The molecule has 1 amide bonds. The summed E-state index contributed by atoms with van der Waals surface area (Å²) in [5, 5.41) is 0. The average molecular weight is 454 g/mol. The average Bonchev–Trinajstić information content (AvgIpc) is 2.65. The van der Waals surface area contributed by atoms with Crippen LogP contribution in [-0.4, -0.2) is 66.9 Å². The van der Waals surface area contributed by atoms with Crippen molar-refractivity contribution in [1.82, 2.24) is 4.90 Å². The number of carbonyl (C=O) groups excluding carboxylic acids is 4. The summed E-state index contributed by atoms with van der Waals surface area (Å²) in [6, 6.07) is -0.485. The predicted octanol–water partition coefficient (Wildman–Crippen LogP) is 2.86. The van der Waals surface area contributed by atoms with Gasteiger partial charge in [0.15, 0.2) is 0 Å². The summed E-state index contributed by atoms with van der Waals surface area (Å²) in [4.78, 5) is 50.0. The Hall–Kier alpha value is -2.58. The molecule has 0 aromatic rings. The Kier molecular flexibility index (Phi) is 8.69. The SMILES string of the molecule is CCOC(=O)/C=C1\[C@@H]2[C@H](COC(C)=O)C[C@H](COC(C)=O)[C@H]1CCN2C(=O)OC(C)(C)C. The Bertz CT molecular complexity index is 754. The predicted molar refractivity (Wildman–Crippen MR) is 114 cm³/mol. The first kappa shape index (κ1) is 25.7. The fourth-order valence-corrected chi connectivity index (χ4v) is 4.53. The van der Waals surface area contributed by atoms with Crippen LogP contribution in [0.3, 0.4) is 0 Å². The summed E-state index contributed by atoms with van der Waals surface area (Å²) in [5.41, 5.74) is 0.0396. The molecule has 1 heterocycles. The highest BCUT2D eigenvalue weighted by molar-refractivity contribution is 5.83. The molecule has 1 saturated heterocycles. The molecular weight excluding hydrogens is 418 g/mol. The van der Waals surface area contributed by atoms with Gasteiger partial charge in [0.25, 0.3) is 0 Å². The van der Waals surface area contributed by atoms with Gasteiger partial charge in [-0.3, -0.25) is 9.59 Å². The molecule has 0 aromatic carbocycles. The van der Waals surface area contributed by atoms with E-state index in [4.69, 9.17) is 18.9 Å². The van der Waals surface area contributed by atoms with Crippen molar-refractivity contribution in [2.45, 2.75) is 66.0 Å². The van der Waals surface area contributed by atoms with Gasteiger partial charge in [0.1, 0.15) is 5.60 Å². The summed E-state index contributed by atoms with van der Waals surface area (Å²) in [6.07, 6.45) is 2.11. The van der Waals surface area contributed by atoms with Gasteiger partial charge in [0.05, 0.1) is 25.9 Å². The van der Waals surface area contributed by atoms with Gasteiger partial charge in [-0.05, 0) is 52.0 Å². The highest BCUT2D eigenvalue weighted by atomic mass is 16.6. The number of amides is 1. The number of carbonyl (C=O) groups is 4. The largest absolute Gasteiger partial charge is 0.466 e. The molecule has 2 fully saturated rings. The lowest BCUT2D eigenvalue weighted by atomic mass is 9.64. The standard InChI is InChI=1S/C23H35NO8/c1-7-29-20(27)11-19-18-8-9-24(22(28)32-23(4,5)6)21(19)17(13-31-15(3)26)10-16(18)12-30-14(2)25/h11,16-18,21H,7-10,12-13H2,1-6H3/b19-11-/t16-,17+,18-,21+/m1/s1. The minimum absolute atomic E-state index is 0.0721. The quantitative estimate of drug-likeness (QED) is 0.343. The second kappa shape index (κ2) is 10.8. The zero-order valence-corrected chi connectivity index (χ0v) is 19.8. The summed E-state index contributed by atoms with van der Waals surface area (Å²) in [6.45, 7) is 10.7. The van der Waals surface area contributed by atoms with E-state index in [0.29, 0.717) is 19.4 Å². The molecule has 2 bridgehead atoms. The Morgan fingerprint density at radius 3 is 2.12 bits per heavy atom. The van der Waals surface area contributed by atoms with Crippen molar-refractivity contribution < 1.29 is 38.1 Å². The van der Waals surface area contributed by atoms with Crippen LogP contribution in [0.15, 0.2) is 11.6 Å². The van der Waals surface area contributed by atoms with Crippen molar-refractivity contribution in [1.29, 1.82) is 0 Å². The fourth-order valence-electron chi connectivity index (χ4n) is 4.53. The molecule has 0 N–H and O–H groups in total. The highest BCUT2D eigenvalue weighted by Crippen LogP contribution is 2.46. The van der Waals surface area contributed by atoms with E-state index < -0.39 is 29.7 Å². The van der Waals surface area contributed by atoms with Crippen molar-refractivity contribution in [3.63, 3.8) is 0 Å².